The third-order valence-electron chi connectivity index (χ3n) is 24.0. The minimum atomic E-state index is -4.30. The van der Waals surface area contributed by atoms with E-state index in [-0.39, 0.29) is 117 Å². The maximum atomic E-state index is 14.5. The van der Waals surface area contributed by atoms with Crippen LogP contribution in [0.2, 0.25) is 0 Å². The molecule has 36 nitrogen and oxygen atoms in total. The van der Waals surface area contributed by atoms with Crippen molar-refractivity contribution in [3.05, 3.63) is 221 Å². The van der Waals surface area contributed by atoms with Gasteiger partial charge in [-0.25, -0.2) is 71.9 Å². The van der Waals surface area contributed by atoms with Gasteiger partial charge in [0.25, 0.3) is 63.7 Å². The van der Waals surface area contributed by atoms with Crippen molar-refractivity contribution in [3.8, 4) is 51.0 Å². The van der Waals surface area contributed by atoms with Gasteiger partial charge in [-0.1, -0.05) is 107 Å². The van der Waals surface area contributed by atoms with Crippen LogP contribution in [0.5, 0.6) is 17.2 Å². The lowest BCUT2D eigenvalue weighted by Crippen LogP contribution is -2.44. The Hall–Kier alpha value is -13.7. The normalized spacial score (nSPS) is 15.5. The van der Waals surface area contributed by atoms with Crippen LogP contribution in [-0.4, -0.2) is 181 Å². The molecule has 0 saturated carbocycles. The molecule has 4 fully saturated rings. The highest BCUT2D eigenvalue weighted by Gasteiger charge is 2.42. The SMILES string of the molecule is C=C1CCN(c2nc(-c3cc(F)cc(OCC(C)C)c3)ccc2C(=O)NS(=O)(=O)c2cccc(N)n2)CC1.CC(C)COc1cc(F)cc(-c2ccc(C(=O)NS(=O)(=O)c3cccc(N)n3)c(N3C(C)CCC3(C)C)n2)c1.CC(C)COc1cc(F)cc(-c2ccc(C(=O)NS(=O)(=O)c3nc(N)cs3)c(N3CCC(C)(C)CC3)n2)c1.COC1CCN(c2nc(C(C)(C)C)ccc2C(=O)NS(=O)(=O)c2cccc(N)n2)CC1. The smallest absolute Gasteiger partial charge is 0.291 e. The second-order valence-electron chi connectivity index (χ2n) is 39.5. The molecule has 0 bridgehead atoms. The fourth-order valence-corrected chi connectivity index (χ4v) is 20.8. The predicted octanol–water partition coefficient (Wildman–Crippen LogP) is 15.8. The zero-order chi connectivity index (χ0) is 106. The quantitative estimate of drug-likeness (QED) is 0.0202. The predicted molar refractivity (Wildman–Crippen MR) is 557 cm³/mol. The zero-order valence-electron chi connectivity index (χ0n) is 84.1. The van der Waals surface area contributed by atoms with Crippen LogP contribution in [0.3, 0.4) is 0 Å². The molecule has 12 N–H and O–H groups in total. The van der Waals surface area contributed by atoms with Gasteiger partial charge in [-0.3, -0.25) is 19.2 Å². The number of hydrogen-bond acceptors (Lipinski definition) is 33. The topological polar surface area (TPSA) is 510 Å². The minimum Gasteiger partial charge on any atom is -0.493 e. The van der Waals surface area contributed by atoms with Gasteiger partial charge in [0.1, 0.15) is 81.2 Å². The van der Waals surface area contributed by atoms with Crippen molar-refractivity contribution in [2.75, 3.05) is 109 Å². The molecule has 8 aromatic heterocycles. The third-order valence-corrected chi connectivity index (χ3v) is 30.3. The summed E-state index contributed by atoms with van der Waals surface area (Å²) in [4.78, 5) is 95.0. The van der Waals surface area contributed by atoms with Crippen molar-refractivity contribution in [1.82, 2.24) is 58.8 Å². The molecule has 146 heavy (non-hydrogen) atoms. The summed E-state index contributed by atoms with van der Waals surface area (Å²) in [6.45, 7) is 37.5. The number of piperidine rings is 3. The molecule has 15 rings (SSSR count). The summed E-state index contributed by atoms with van der Waals surface area (Å²) in [5.41, 5.74) is 26.9. The highest BCUT2D eigenvalue weighted by atomic mass is 32.2. The van der Waals surface area contributed by atoms with Crippen LogP contribution in [0, 0.1) is 40.6 Å². The molecule has 12 heterocycles. The largest absolute Gasteiger partial charge is 0.493 e. The molecule has 0 aliphatic carbocycles. The van der Waals surface area contributed by atoms with E-state index in [9.17, 15) is 66.0 Å². The molecule has 44 heteroatoms. The number of nitrogens with two attached hydrogens (primary N) is 4. The average molecular weight is 2100 g/mol. The third kappa shape index (κ3) is 29.4. The van der Waals surface area contributed by atoms with Crippen molar-refractivity contribution < 1.29 is 85.0 Å². The summed E-state index contributed by atoms with van der Waals surface area (Å²) in [6, 6.07) is 38.1. The number of nitrogens with one attached hydrogen (secondary N) is 4. The first-order valence-electron chi connectivity index (χ1n) is 47.4. The fourth-order valence-electron chi connectivity index (χ4n) is 16.1. The van der Waals surface area contributed by atoms with Crippen LogP contribution in [0.15, 0.2) is 195 Å². The number of nitrogens with zero attached hydrogens (tertiary/aromatic N) is 12. The molecular weight excluding hydrogens is 1980 g/mol. The van der Waals surface area contributed by atoms with E-state index in [0.29, 0.717) is 140 Å². The van der Waals surface area contributed by atoms with Crippen LogP contribution < -0.4 is 75.6 Å². The first-order chi connectivity index (χ1) is 68.6. The Bertz CT molecular complexity index is 7110. The highest BCUT2D eigenvalue weighted by Crippen LogP contribution is 2.42. The molecule has 11 aromatic rings. The van der Waals surface area contributed by atoms with E-state index in [4.69, 9.17) is 56.8 Å². The Morgan fingerprint density at radius 1 is 0.445 bits per heavy atom. The number of hydrogen-bond donors (Lipinski definition) is 8. The number of carbonyl (C=O) groups excluding carboxylic acids is 4. The van der Waals surface area contributed by atoms with Crippen molar-refractivity contribution in [3.63, 3.8) is 0 Å². The lowest BCUT2D eigenvalue weighted by Gasteiger charge is -2.38. The van der Waals surface area contributed by atoms with E-state index in [0.717, 1.165) is 61.1 Å². The van der Waals surface area contributed by atoms with Gasteiger partial charge in [-0.2, -0.15) is 33.7 Å². The number of aromatic nitrogens is 8. The van der Waals surface area contributed by atoms with Gasteiger partial charge in [-0.05, 0) is 217 Å². The van der Waals surface area contributed by atoms with E-state index in [1.807, 2.05) is 103 Å². The number of sulfonamides is 4. The summed E-state index contributed by atoms with van der Waals surface area (Å²) in [7, 11) is -15.3. The minimum absolute atomic E-state index is 0.00687. The molecule has 0 radical (unpaired) electrons. The highest BCUT2D eigenvalue weighted by molar-refractivity contribution is 7.92. The maximum Gasteiger partial charge on any atom is 0.291 e. The first kappa shape index (κ1) is 111. The number of anilines is 8. The van der Waals surface area contributed by atoms with Crippen molar-refractivity contribution in [2.24, 2.45) is 23.2 Å². The van der Waals surface area contributed by atoms with Crippen LogP contribution in [0.25, 0.3) is 33.8 Å². The molecule has 0 spiro atoms. The van der Waals surface area contributed by atoms with Gasteiger partial charge in [0.05, 0.1) is 65.3 Å². The summed E-state index contributed by atoms with van der Waals surface area (Å²) in [5, 5.41) is 0.321. The van der Waals surface area contributed by atoms with Gasteiger partial charge in [0, 0.05) is 109 Å². The van der Waals surface area contributed by atoms with Crippen molar-refractivity contribution in [2.45, 2.75) is 191 Å². The van der Waals surface area contributed by atoms with Crippen molar-refractivity contribution in [1.29, 1.82) is 0 Å². The molecule has 1 atom stereocenters. The summed E-state index contributed by atoms with van der Waals surface area (Å²) >= 11 is 0.821. The number of thiazole rings is 1. The average Bonchev–Trinajstić information content (AvgIpc) is 1.69. The van der Waals surface area contributed by atoms with Crippen LogP contribution in [0.1, 0.15) is 195 Å². The van der Waals surface area contributed by atoms with E-state index < -0.39 is 81.2 Å². The van der Waals surface area contributed by atoms with Crippen LogP contribution in [0.4, 0.5) is 59.7 Å². The Labute approximate surface area is 854 Å². The molecule has 4 aliphatic heterocycles. The van der Waals surface area contributed by atoms with Gasteiger partial charge in [0.2, 0.25) is 4.34 Å². The standard InChI is InChI=1S/C28H34FN5O4S.C27H30FN5O4S.C26H32FN5O4S2.C21H29N5O4S/c1-17(2)16-38-21-14-19(13-20(29)15-21)23-10-9-22(26(31-23)34-18(3)11-12-28(34,4)5)27(35)33-39(36,37)25-8-6-7-24(30)32-25;1-17(2)16-37-21-14-19(13-20(28)15-21)23-8-7-22(26(30-23)33-11-9-18(3)10-12-33)27(34)32-38(35,36)25-6-4-5-24(29)31-25;1-16(2)14-36-19-12-17(11-18(27)13-19)21-6-5-20(23(29-21)32-9-7-26(3,4)8-10-32)24(33)31-38(34,35)25-30-22(28)15-37-25;1-21(2,3)16-9-8-15(19(23-16)26-12-10-14(30-4)11-13-26)20(27)25-31(28,29)18-7-5-6-17(22)24-18/h6-10,13-15,17-18H,11-12,16H2,1-5H3,(H2,30,32)(H,33,35);4-8,13-15,17H,3,9-12,16H2,1-2H3,(H2,29,31)(H,32,34);5-6,11-13,15-16H,7-10,14,28H2,1-4H3,(H,31,33);5-9,14H,10-13H2,1-4H3,(H2,22,24)(H,25,27). The number of ether oxygens (including phenoxy) is 4. The number of pyridine rings is 7. The monoisotopic (exact) mass is 2100 g/mol. The number of methoxy groups -OCH3 is 1. The second-order valence-corrected chi connectivity index (χ2v) is 47.1. The van der Waals surface area contributed by atoms with E-state index >= 15 is 0 Å². The Morgan fingerprint density at radius 2 is 0.795 bits per heavy atom. The van der Waals surface area contributed by atoms with Crippen LogP contribution >= 0.6 is 11.3 Å². The van der Waals surface area contributed by atoms with E-state index in [2.05, 4.69) is 64.2 Å². The fraction of sp³-hybridized carbons (Fsp3) is 0.392. The molecule has 780 valence electrons. The molecule has 4 aliphatic rings. The zero-order valence-corrected chi connectivity index (χ0v) is 88.2. The molecule has 4 saturated heterocycles. The van der Waals surface area contributed by atoms with Crippen molar-refractivity contribution >= 4 is 122 Å². The second kappa shape index (κ2) is 46.8. The van der Waals surface area contributed by atoms with E-state index in [1.54, 1.807) is 55.6 Å². The number of benzene rings is 3. The lowest BCUT2D eigenvalue weighted by molar-refractivity contribution is 0.0817. The molecule has 1 unspecified atom stereocenters. The van der Waals surface area contributed by atoms with Gasteiger partial charge in [-0.15, -0.1) is 11.3 Å². The number of nitrogen functional groups attached to an aromatic ring is 4. The van der Waals surface area contributed by atoms with Gasteiger partial charge >= 0.3 is 0 Å². The summed E-state index contributed by atoms with van der Waals surface area (Å²) in [5.74, 6) is -1.33. The van der Waals surface area contributed by atoms with Gasteiger partial charge < -0.3 is 61.5 Å². The summed E-state index contributed by atoms with van der Waals surface area (Å²) in [6.07, 6.45) is 6.59. The number of halogens is 3. The Balaban J connectivity index is 0.000000174. The van der Waals surface area contributed by atoms with Crippen LogP contribution in [-0.2, 0) is 50.2 Å². The summed E-state index contributed by atoms with van der Waals surface area (Å²) < 4.78 is 176. The molecule has 3 aromatic carbocycles. The number of rotatable bonds is 29. The molecular formula is C102H125F3N20O16S5. The first-order valence-corrected chi connectivity index (χ1v) is 54.2. The lowest BCUT2D eigenvalue weighted by atomic mass is 9.82. The Kier molecular flexibility index (Phi) is 35.6. The Morgan fingerprint density at radius 3 is 1.14 bits per heavy atom. The van der Waals surface area contributed by atoms with E-state index in [1.165, 1.54) is 115 Å². The maximum absolute atomic E-state index is 14.5. The number of amides is 4. The molecule has 4 amide bonds. The number of carbonyl (C=O) groups is 4. The van der Waals surface area contributed by atoms with Gasteiger partial charge in [0.15, 0.2) is 15.1 Å².